The number of piperidine rings is 2. The third-order valence-electron chi connectivity index (χ3n) is 7.82. The van der Waals surface area contributed by atoms with Crippen molar-refractivity contribution in [3.63, 3.8) is 0 Å². The molecule has 1 aromatic carbocycles. The number of likely N-dealkylation sites (tertiary alicyclic amines) is 1. The number of rotatable bonds is 9. The van der Waals surface area contributed by atoms with Gasteiger partial charge in [0.15, 0.2) is 0 Å². The van der Waals surface area contributed by atoms with E-state index in [9.17, 15) is 32.0 Å². The van der Waals surface area contributed by atoms with Crippen LogP contribution >= 0.6 is 0 Å². The molecule has 43 heavy (non-hydrogen) atoms. The van der Waals surface area contributed by atoms with E-state index in [1.165, 1.54) is 22.4 Å². The first-order valence-corrected chi connectivity index (χ1v) is 15.5. The molecule has 2 fully saturated rings. The van der Waals surface area contributed by atoms with Crippen LogP contribution in [0.2, 0.25) is 0 Å². The number of nitrogens with zero attached hydrogens (tertiary/aromatic N) is 3. The van der Waals surface area contributed by atoms with Gasteiger partial charge in [0.2, 0.25) is 15.9 Å². The number of anilines is 1. The lowest BCUT2D eigenvalue weighted by Crippen LogP contribution is -2.47. The number of methoxy groups -OCH3 is 1. The van der Waals surface area contributed by atoms with E-state index < -0.39 is 63.3 Å². The summed E-state index contributed by atoms with van der Waals surface area (Å²) in [6.45, 7) is 2.57. The first-order chi connectivity index (χ1) is 20.4. The molecule has 2 saturated heterocycles. The molecule has 0 radical (unpaired) electrons. The monoisotopic (exact) mass is 624 g/mol. The van der Waals surface area contributed by atoms with Crippen molar-refractivity contribution in [1.29, 1.82) is 0 Å². The zero-order chi connectivity index (χ0) is 31.3. The number of ether oxygens (including phenoxy) is 1. The SMILES string of the molecule is CCS(=O)(=O)N1CCC(NC(=O)c2[nH]ncc2NC(=O)c2c(F)ccc(C3CCN(C(=O)CC(=O)OC)CC3)c2F)CC1. The second-order valence-electron chi connectivity index (χ2n) is 10.4. The molecule has 13 nitrogen and oxygen atoms in total. The van der Waals surface area contributed by atoms with Gasteiger partial charge < -0.3 is 20.3 Å². The topological polar surface area (TPSA) is 171 Å². The fourth-order valence-corrected chi connectivity index (χ4v) is 6.43. The van der Waals surface area contributed by atoms with Crippen molar-refractivity contribution in [3.8, 4) is 0 Å². The van der Waals surface area contributed by atoms with Gasteiger partial charge in [-0.2, -0.15) is 5.10 Å². The smallest absolute Gasteiger partial charge is 0.315 e. The first kappa shape index (κ1) is 32.0. The Kier molecular flexibility index (Phi) is 10.1. The van der Waals surface area contributed by atoms with Gasteiger partial charge in [-0.05, 0) is 50.2 Å². The highest BCUT2D eigenvalue weighted by molar-refractivity contribution is 7.89. The molecular formula is C27H34F2N6O7S. The highest BCUT2D eigenvalue weighted by Gasteiger charge is 2.31. The number of amides is 3. The number of carbonyl (C=O) groups is 4. The molecule has 0 spiro atoms. The Morgan fingerprint density at radius 1 is 1.05 bits per heavy atom. The maximum atomic E-state index is 15.6. The molecule has 3 amide bonds. The van der Waals surface area contributed by atoms with Crippen LogP contribution in [0.3, 0.4) is 0 Å². The van der Waals surface area contributed by atoms with Crippen molar-refractivity contribution in [2.75, 3.05) is 44.4 Å². The second-order valence-corrected chi connectivity index (χ2v) is 12.7. The zero-order valence-electron chi connectivity index (χ0n) is 23.8. The second kappa shape index (κ2) is 13.6. The van der Waals surface area contributed by atoms with Crippen molar-refractivity contribution in [2.24, 2.45) is 0 Å². The number of aromatic amines is 1. The van der Waals surface area contributed by atoms with Gasteiger partial charge in [0, 0.05) is 32.2 Å². The molecule has 0 saturated carbocycles. The minimum absolute atomic E-state index is 0.00984. The molecule has 2 aromatic rings. The van der Waals surface area contributed by atoms with Gasteiger partial charge in [-0.3, -0.25) is 24.3 Å². The summed E-state index contributed by atoms with van der Waals surface area (Å²) in [5, 5.41) is 11.4. The molecule has 2 aliphatic heterocycles. The van der Waals surface area contributed by atoms with Crippen molar-refractivity contribution in [3.05, 3.63) is 46.8 Å². The standard InChI is InChI=1S/C27H34F2N6O7S/c1-3-43(40,41)35-12-8-17(9-13-35)31-27(39)25-20(15-30-33-25)32-26(38)23-19(28)5-4-18(24(23)29)16-6-10-34(11-7-16)21(36)14-22(37)42-2/h4-5,15-17H,3,6-14H2,1-2H3,(H,30,33)(H,31,39)(H,32,38). The molecule has 1 aromatic heterocycles. The molecule has 0 unspecified atom stereocenters. The molecule has 16 heteroatoms. The van der Waals surface area contributed by atoms with Crippen LogP contribution in [-0.2, 0) is 24.3 Å². The third kappa shape index (κ3) is 7.36. The van der Waals surface area contributed by atoms with Gasteiger partial charge in [0.25, 0.3) is 11.8 Å². The zero-order valence-corrected chi connectivity index (χ0v) is 24.6. The third-order valence-corrected chi connectivity index (χ3v) is 9.70. The largest absolute Gasteiger partial charge is 0.469 e. The van der Waals surface area contributed by atoms with Crippen molar-refractivity contribution >= 4 is 39.4 Å². The Morgan fingerprint density at radius 2 is 1.72 bits per heavy atom. The maximum Gasteiger partial charge on any atom is 0.315 e. The summed E-state index contributed by atoms with van der Waals surface area (Å²) in [5.74, 6) is -5.33. The molecular weight excluding hydrogens is 590 g/mol. The number of halogens is 2. The molecule has 3 heterocycles. The summed E-state index contributed by atoms with van der Waals surface area (Å²) in [6.07, 6.45) is 2.21. The predicted molar refractivity (Wildman–Crippen MR) is 150 cm³/mol. The molecule has 234 valence electrons. The van der Waals surface area contributed by atoms with Gasteiger partial charge in [0.05, 0.1) is 24.7 Å². The summed E-state index contributed by atoms with van der Waals surface area (Å²) in [7, 11) is -2.14. The minimum atomic E-state index is -3.33. The Labute approximate surface area is 247 Å². The van der Waals surface area contributed by atoms with Gasteiger partial charge in [0.1, 0.15) is 29.3 Å². The van der Waals surface area contributed by atoms with E-state index in [-0.39, 0.29) is 54.9 Å². The number of aromatic nitrogens is 2. The lowest BCUT2D eigenvalue weighted by molar-refractivity contribution is -0.147. The summed E-state index contributed by atoms with van der Waals surface area (Å²) in [5.41, 5.74) is -0.917. The van der Waals surface area contributed by atoms with Crippen LogP contribution in [0.25, 0.3) is 0 Å². The van der Waals surface area contributed by atoms with E-state index >= 15 is 4.39 Å². The predicted octanol–water partition coefficient (Wildman–Crippen LogP) is 1.75. The van der Waals surface area contributed by atoms with Crippen LogP contribution in [0.1, 0.15) is 71.4 Å². The van der Waals surface area contributed by atoms with E-state index in [1.54, 1.807) is 6.92 Å². The highest BCUT2D eigenvalue weighted by Crippen LogP contribution is 2.32. The van der Waals surface area contributed by atoms with Crippen LogP contribution in [0, 0.1) is 11.6 Å². The summed E-state index contributed by atoms with van der Waals surface area (Å²) >= 11 is 0. The van der Waals surface area contributed by atoms with Crippen molar-refractivity contribution in [1.82, 2.24) is 24.7 Å². The Balaban J connectivity index is 1.40. The highest BCUT2D eigenvalue weighted by atomic mass is 32.2. The van der Waals surface area contributed by atoms with E-state index in [0.717, 1.165) is 12.3 Å². The maximum absolute atomic E-state index is 15.6. The van der Waals surface area contributed by atoms with Crippen molar-refractivity contribution in [2.45, 2.75) is 51.0 Å². The van der Waals surface area contributed by atoms with Gasteiger partial charge in [-0.1, -0.05) is 6.07 Å². The first-order valence-electron chi connectivity index (χ1n) is 13.9. The lowest BCUT2D eigenvalue weighted by atomic mass is 9.87. The Bertz CT molecular complexity index is 1480. The van der Waals surface area contributed by atoms with E-state index in [4.69, 9.17) is 0 Å². The van der Waals surface area contributed by atoms with E-state index in [0.29, 0.717) is 25.7 Å². The molecule has 0 atom stereocenters. The van der Waals surface area contributed by atoms with Gasteiger partial charge in [-0.15, -0.1) is 0 Å². The fourth-order valence-electron chi connectivity index (χ4n) is 5.30. The summed E-state index contributed by atoms with van der Waals surface area (Å²) < 4.78 is 60.4. The molecule has 3 N–H and O–H groups in total. The number of hydrogen-bond acceptors (Lipinski definition) is 8. The summed E-state index contributed by atoms with van der Waals surface area (Å²) in [4.78, 5) is 51.1. The number of H-pyrrole nitrogens is 1. The van der Waals surface area contributed by atoms with Crippen LogP contribution in [0.5, 0.6) is 0 Å². The molecule has 4 rings (SSSR count). The number of carbonyl (C=O) groups excluding carboxylic acids is 4. The van der Waals surface area contributed by atoms with E-state index in [2.05, 4.69) is 25.6 Å². The normalized spacial score (nSPS) is 17.0. The average molecular weight is 625 g/mol. The van der Waals surface area contributed by atoms with Crippen LogP contribution in [-0.4, -0.2) is 96.6 Å². The molecule has 2 aliphatic rings. The summed E-state index contributed by atoms with van der Waals surface area (Å²) in [6, 6.07) is 1.94. The van der Waals surface area contributed by atoms with E-state index in [1.807, 2.05) is 0 Å². The number of nitrogens with one attached hydrogen (secondary N) is 3. The van der Waals surface area contributed by atoms with Crippen LogP contribution in [0.15, 0.2) is 18.3 Å². The van der Waals surface area contributed by atoms with Crippen molar-refractivity contribution < 1.29 is 41.1 Å². The van der Waals surface area contributed by atoms with Crippen LogP contribution < -0.4 is 10.6 Å². The number of esters is 1. The number of sulfonamides is 1. The Hall–Kier alpha value is -3.92. The quantitative estimate of drug-likeness (QED) is 0.280. The number of benzene rings is 1. The Morgan fingerprint density at radius 3 is 2.35 bits per heavy atom. The minimum Gasteiger partial charge on any atom is -0.469 e. The van der Waals surface area contributed by atoms with Gasteiger partial charge >= 0.3 is 5.97 Å². The average Bonchev–Trinajstić information content (AvgIpc) is 3.45. The number of hydrogen-bond donors (Lipinski definition) is 3. The lowest BCUT2D eigenvalue weighted by Gasteiger charge is -2.32. The molecule has 0 aliphatic carbocycles. The fraction of sp³-hybridized carbons (Fsp3) is 0.519. The van der Waals surface area contributed by atoms with Gasteiger partial charge in [-0.25, -0.2) is 21.5 Å². The van der Waals surface area contributed by atoms with Crippen LogP contribution in [0.4, 0.5) is 14.5 Å². The molecule has 0 bridgehead atoms.